The molecule has 0 aliphatic carbocycles. The van der Waals surface area contributed by atoms with Gasteiger partial charge in [-0.25, -0.2) is 4.98 Å². The minimum atomic E-state index is -0.0587. The Hall–Kier alpha value is -1.58. The fourth-order valence-electron chi connectivity index (χ4n) is 1.73. The van der Waals surface area contributed by atoms with E-state index in [1.54, 1.807) is 0 Å². The van der Waals surface area contributed by atoms with Crippen molar-refractivity contribution in [2.24, 2.45) is 0 Å². The summed E-state index contributed by atoms with van der Waals surface area (Å²) < 4.78 is 1.88. The van der Waals surface area contributed by atoms with E-state index >= 15 is 0 Å². The van der Waals surface area contributed by atoms with Gasteiger partial charge in [0.2, 0.25) is 0 Å². The number of aromatic nitrogens is 2. The van der Waals surface area contributed by atoms with Gasteiger partial charge in [-0.05, 0) is 6.92 Å². The van der Waals surface area contributed by atoms with E-state index in [9.17, 15) is 5.11 Å². The number of aliphatic hydroxyl groups is 1. The van der Waals surface area contributed by atoms with E-state index in [1.165, 1.54) is 11.3 Å². The van der Waals surface area contributed by atoms with Gasteiger partial charge in [0.05, 0.1) is 24.8 Å². The van der Waals surface area contributed by atoms with Crippen molar-refractivity contribution in [3.8, 4) is 6.07 Å². The van der Waals surface area contributed by atoms with E-state index < -0.39 is 0 Å². The van der Waals surface area contributed by atoms with E-state index in [1.807, 2.05) is 34.8 Å². The molecule has 0 saturated heterocycles. The van der Waals surface area contributed by atoms with E-state index in [-0.39, 0.29) is 12.6 Å². The highest BCUT2D eigenvalue weighted by Crippen LogP contribution is 2.25. The zero-order chi connectivity index (χ0) is 12.4. The lowest BCUT2D eigenvalue weighted by molar-refractivity contribution is 0.276. The van der Waals surface area contributed by atoms with Crippen LogP contribution in [0.2, 0.25) is 0 Å². The number of fused-ring (bicyclic) bond motifs is 1. The molecule has 90 valence electrons. The Bertz CT molecular complexity index is 553. The highest BCUT2D eigenvalue weighted by atomic mass is 32.1. The molecule has 0 aromatic carbocycles. The Kier molecular flexibility index (Phi) is 3.31. The predicted molar refractivity (Wildman–Crippen MR) is 67.1 cm³/mol. The highest BCUT2D eigenvalue weighted by Gasteiger charge is 2.19. The molecule has 0 amide bonds. The number of thiazole rings is 1. The summed E-state index contributed by atoms with van der Waals surface area (Å²) in [5.74, 6) is 0.752. The second-order valence-corrected chi connectivity index (χ2v) is 4.79. The lowest BCUT2D eigenvalue weighted by Gasteiger charge is -2.23. The fraction of sp³-hybridized carbons (Fsp3) is 0.455. The molecule has 1 N–H and O–H groups in total. The van der Waals surface area contributed by atoms with Crippen LogP contribution >= 0.6 is 11.3 Å². The first-order valence-corrected chi connectivity index (χ1v) is 6.22. The van der Waals surface area contributed by atoms with E-state index in [0.717, 1.165) is 16.5 Å². The molecule has 5 nitrogen and oxygen atoms in total. The van der Waals surface area contributed by atoms with E-state index in [2.05, 4.69) is 11.1 Å². The molecule has 6 heteroatoms. The number of rotatable bonds is 4. The Morgan fingerprint density at radius 1 is 1.71 bits per heavy atom. The topological polar surface area (TPSA) is 64.6 Å². The molecule has 17 heavy (non-hydrogen) atoms. The number of hydrogen-bond donors (Lipinski definition) is 1. The van der Waals surface area contributed by atoms with Gasteiger partial charge in [0.1, 0.15) is 0 Å². The van der Waals surface area contributed by atoms with Gasteiger partial charge in [-0.3, -0.25) is 4.40 Å². The van der Waals surface area contributed by atoms with Crippen molar-refractivity contribution in [3.05, 3.63) is 17.3 Å². The average Bonchev–Trinajstić information content (AvgIpc) is 2.87. The molecule has 0 spiro atoms. The Morgan fingerprint density at radius 3 is 3.12 bits per heavy atom. The van der Waals surface area contributed by atoms with Crippen molar-refractivity contribution in [1.29, 1.82) is 5.26 Å². The zero-order valence-electron chi connectivity index (χ0n) is 9.79. The number of aliphatic hydroxyl groups excluding tert-OH is 1. The summed E-state index contributed by atoms with van der Waals surface area (Å²) in [5.41, 5.74) is 0.772. The number of anilines is 1. The van der Waals surface area contributed by atoms with Crippen LogP contribution in [0.5, 0.6) is 0 Å². The third-order valence-corrected chi connectivity index (χ3v) is 3.63. The zero-order valence-corrected chi connectivity index (χ0v) is 10.6. The van der Waals surface area contributed by atoms with Crippen LogP contribution in [0.3, 0.4) is 0 Å². The molecular weight excluding hydrogens is 236 g/mol. The number of hydrogen-bond acceptors (Lipinski definition) is 5. The largest absolute Gasteiger partial charge is 0.390 e. The second kappa shape index (κ2) is 4.73. The first-order chi connectivity index (χ1) is 8.19. The molecule has 0 bridgehead atoms. The van der Waals surface area contributed by atoms with E-state index in [4.69, 9.17) is 5.26 Å². The molecule has 2 aromatic rings. The van der Waals surface area contributed by atoms with Crippen LogP contribution in [-0.4, -0.2) is 27.6 Å². The molecule has 0 saturated carbocycles. The summed E-state index contributed by atoms with van der Waals surface area (Å²) in [7, 11) is 1.90. The average molecular weight is 250 g/mol. The van der Waals surface area contributed by atoms with Gasteiger partial charge in [-0.15, -0.1) is 11.3 Å². The van der Waals surface area contributed by atoms with Crippen LogP contribution in [0.15, 0.2) is 11.6 Å². The lowest BCUT2D eigenvalue weighted by Crippen LogP contribution is -2.29. The van der Waals surface area contributed by atoms with Crippen LogP contribution in [-0.2, 0) is 6.61 Å². The third kappa shape index (κ3) is 1.99. The van der Waals surface area contributed by atoms with Gasteiger partial charge in [0.15, 0.2) is 10.8 Å². The maximum Gasteiger partial charge on any atom is 0.195 e. The molecular formula is C11H14N4OS. The van der Waals surface area contributed by atoms with Crippen LogP contribution in [0, 0.1) is 11.3 Å². The Morgan fingerprint density at radius 2 is 2.47 bits per heavy atom. The Labute approximate surface area is 104 Å². The quantitative estimate of drug-likeness (QED) is 0.895. The van der Waals surface area contributed by atoms with Gasteiger partial charge in [0.25, 0.3) is 0 Å². The number of nitrogens with zero attached hydrogens (tertiary/aromatic N) is 4. The molecule has 2 heterocycles. The van der Waals surface area contributed by atoms with E-state index in [0.29, 0.717) is 6.42 Å². The van der Waals surface area contributed by atoms with Crippen LogP contribution in [0.1, 0.15) is 19.0 Å². The SMILES string of the molecule is CC(CC#N)N(C)c1nc2sccn2c1CO. The summed E-state index contributed by atoms with van der Waals surface area (Å²) in [5, 5.41) is 20.1. The van der Waals surface area contributed by atoms with Gasteiger partial charge >= 0.3 is 0 Å². The second-order valence-electron chi connectivity index (χ2n) is 3.92. The maximum absolute atomic E-state index is 9.44. The smallest absolute Gasteiger partial charge is 0.195 e. The maximum atomic E-state index is 9.44. The van der Waals surface area contributed by atoms with Gasteiger partial charge in [-0.2, -0.15) is 5.26 Å². The van der Waals surface area contributed by atoms with Crippen molar-refractivity contribution in [3.63, 3.8) is 0 Å². The molecule has 2 rings (SSSR count). The number of imidazole rings is 1. The standard InChI is InChI=1S/C11H14N4OS/c1-8(3-4-12)14(2)10-9(7-16)15-5-6-17-11(15)13-10/h5-6,8,16H,3,7H2,1-2H3. The first kappa shape index (κ1) is 11.9. The summed E-state index contributed by atoms with van der Waals surface area (Å²) in [6.45, 7) is 1.91. The number of nitriles is 1. The lowest BCUT2D eigenvalue weighted by atomic mass is 10.2. The van der Waals surface area contributed by atoms with Crippen molar-refractivity contribution in [1.82, 2.24) is 9.38 Å². The van der Waals surface area contributed by atoms with Crippen LogP contribution < -0.4 is 4.90 Å². The minimum absolute atomic E-state index is 0.0587. The molecule has 2 aromatic heterocycles. The molecule has 1 unspecified atom stereocenters. The van der Waals surface area contributed by atoms with Gasteiger partial charge < -0.3 is 10.0 Å². The molecule has 0 radical (unpaired) electrons. The molecule has 0 aliphatic heterocycles. The van der Waals surface area contributed by atoms with Crippen molar-refractivity contribution in [2.75, 3.05) is 11.9 Å². The van der Waals surface area contributed by atoms with Gasteiger partial charge in [-0.1, -0.05) is 0 Å². The summed E-state index contributed by atoms with van der Waals surface area (Å²) in [6.07, 6.45) is 2.33. The highest BCUT2D eigenvalue weighted by molar-refractivity contribution is 7.15. The molecule has 0 aliphatic rings. The summed E-state index contributed by atoms with van der Waals surface area (Å²) >= 11 is 1.53. The van der Waals surface area contributed by atoms with Crippen LogP contribution in [0.4, 0.5) is 5.82 Å². The predicted octanol–water partition coefficient (Wildman–Crippen LogP) is 1.63. The normalized spacial score (nSPS) is 12.6. The minimum Gasteiger partial charge on any atom is -0.390 e. The van der Waals surface area contributed by atoms with Gasteiger partial charge in [0, 0.05) is 24.7 Å². The Balaban J connectivity index is 2.40. The van der Waals surface area contributed by atoms with Crippen LogP contribution in [0.25, 0.3) is 4.96 Å². The fourth-order valence-corrected chi connectivity index (χ4v) is 2.46. The first-order valence-electron chi connectivity index (χ1n) is 5.34. The van der Waals surface area contributed by atoms with Crippen molar-refractivity contribution >= 4 is 22.1 Å². The third-order valence-electron chi connectivity index (χ3n) is 2.87. The monoisotopic (exact) mass is 250 g/mol. The molecule has 1 atom stereocenters. The van der Waals surface area contributed by atoms with Crippen molar-refractivity contribution in [2.45, 2.75) is 26.0 Å². The van der Waals surface area contributed by atoms with Crippen molar-refractivity contribution < 1.29 is 5.11 Å². The summed E-state index contributed by atoms with van der Waals surface area (Å²) in [6, 6.07) is 2.23. The molecule has 0 fully saturated rings. The summed E-state index contributed by atoms with van der Waals surface area (Å²) in [4.78, 5) is 7.28.